The summed E-state index contributed by atoms with van der Waals surface area (Å²) in [6.45, 7) is 7.81. The van der Waals surface area contributed by atoms with Crippen LogP contribution in [0.2, 0.25) is 0 Å². The molecule has 0 bridgehead atoms. The van der Waals surface area contributed by atoms with Crippen LogP contribution in [0.1, 0.15) is 44.5 Å². The largest absolute Gasteiger partial charge is 0.333 e. The lowest BCUT2D eigenvalue weighted by molar-refractivity contribution is 0.511. The molecule has 0 saturated heterocycles. The third kappa shape index (κ3) is 3.56. The van der Waals surface area contributed by atoms with Gasteiger partial charge in [0, 0.05) is 18.8 Å². The SMILES string of the molecule is CC(C)CCNCCn1cnc2c1CCCC2. The molecule has 2 rings (SSSR count). The van der Waals surface area contributed by atoms with Gasteiger partial charge in [-0.3, -0.25) is 0 Å². The van der Waals surface area contributed by atoms with E-state index in [9.17, 15) is 0 Å². The summed E-state index contributed by atoms with van der Waals surface area (Å²) in [5.41, 5.74) is 2.83. The molecule has 0 aliphatic heterocycles. The van der Waals surface area contributed by atoms with Crippen molar-refractivity contribution in [3.05, 3.63) is 17.7 Å². The van der Waals surface area contributed by atoms with Crippen molar-refractivity contribution in [3.63, 3.8) is 0 Å². The first-order valence-electron chi connectivity index (χ1n) is 7.01. The summed E-state index contributed by atoms with van der Waals surface area (Å²) in [6, 6.07) is 0. The second-order valence-corrected chi connectivity index (χ2v) is 5.47. The summed E-state index contributed by atoms with van der Waals surface area (Å²) in [5, 5.41) is 3.51. The van der Waals surface area contributed by atoms with E-state index in [4.69, 9.17) is 0 Å². The van der Waals surface area contributed by atoms with Gasteiger partial charge in [-0.05, 0) is 44.6 Å². The van der Waals surface area contributed by atoms with E-state index in [0.717, 1.165) is 25.6 Å². The normalized spacial score (nSPS) is 15.2. The van der Waals surface area contributed by atoms with Crippen molar-refractivity contribution in [1.29, 1.82) is 0 Å². The Morgan fingerprint density at radius 3 is 2.94 bits per heavy atom. The molecule has 0 fully saturated rings. The highest BCUT2D eigenvalue weighted by Crippen LogP contribution is 2.19. The lowest BCUT2D eigenvalue weighted by Gasteiger charge is -2.14. The molecule has 0 spiro atoms. The maximum Gasteiger partial charge on any atom is 0.0952 e. The van der Waals surface area contributed by atoms with E-state index in [2.05, 4.69) is 28.7 Å². The molecule has 1 aromatic heterocycles. The van der Waals surface area contributed by atoms with Crippen LogP contribution in [0.15, 0.2) is 6.33 Å². The molecule has 3 heteroatoms. The highest BCUT2D eigenvalue weighted by Gasteiger charge is 2.14. The molecular formula is C14H25N3. The van der Waals surface area contributed by atoms with E-state index in [1.54, 1.807) is 0 Å². The Balaban J connectivity index is 1.74. The maximum absolute atomic E-state index is 4.52. The fraction of sp³-hybridized carbons (Fsp3) is 0.786. The lowest BCUT2D eigenvalue weighted by Crippen LogP contribution is -2.22. The monoisotopic (exact) mass is 235 g/mol. The van der Waals surface area contributed by atoms with Crippen molar-refractivity contribution in [2.24, 2.45) is 5.92 Å². The van der Waals surface area contributed by atoms with Crippen molar-refractivity contribution < 1.29 is 0 Å². The molecule has 17 heavy (non-hydrogen) atoms. The van der Waals surface area contributed by atoms with Crippen LogP contribution >= 0.6 is 0 Å². The van der Waals surface area contributed by atoms with Gasteiger partial charge in [0.15, 0.2) is 0 Å². The highest BCUT2D eigenvalue weighted by molar-refractivity contribution is 5.16. The van der Waals surface area contributed by atoms with Crippen molar-refractivity contribution in [2.45, 2.75) is 52.5 Å². The minimum atomic E-state index is 0.795. The van der Waals surface area contributed by atoms with Gasteiger partial charge in [0.25, 0.3) is 0 Å². The summed E-state index contributed by atoms with van der Waals surface area (Å²) < 4.78 is 2.34. The van der Waals surface area contributed by atoms with Crippen LogP contribution in [-0.4, -0.2) is 22.6 Å². The second-order valence-electron chi connectivity index (χ2n) is 5.47. The van der Waals surface area contributed by atoms with Gasteiger partial charge in [0.1, 0.15) is 0 Å². The Labute approximate surface area is 105 Å². The van der Waals surface area contributed by atoms with Crippen LogP contribution in [-0.2, 0) is 19.4 Å². The molecule has 3 nitrogen and oxygen atoms in total. The number of hydrogen-bond acceptors (Lipinski definition) is 2. The third-order valence-electron chi connectivity index (χ3n) is 3.54. The standard InChI is InChI=1S/C14H25N3/c1-12(2)7-8-15-9-10-17-11-16-13-5-3-4-6-14(13)17/h11-12,15H,3-10H2,1-2H3. The maximum atomic E-state index is 4.52. The van der Waals surface area contributed by atoms with E-state index in [-0.39, 0.29) is 0 Å². The fourth-order valence-corrected chi connectivity index (χ4v) is 2.44. The minimum absolute atomic E-state index is 0.795. The van der Waals surface area contributed by atoms with Gasteiger partial charge in [-0.25, -0.2) is 4.98 Å². The molecular weight excluding hydrogens is 210 g/mol. The van der Waals surface area contributed by atoms with Crippen LogP contribution in [0, 0.1) is 5.92 Å². The zero-order valence-electron chi connectivity index (χ0n) is 11.2. The number of aryl methyl sites for hydroxylation is 1. The highest BCUT2D eigenvalue weighted by atomic mass is 15.1. The van der Waals surface area contributed by atoms with Gasteiger partial charge in [0.2, 0.25) is 0 Å². The number of nitrogens with one attached hydrogen (secondary N) is 1. The first-order chi connectivity index (χ1) is 8.27. The van der Waals surface area contributed by atoms with Gasteiger partial charge < -0.3 is 9.88 Å². The topological polar surface area (TPSA) is 29.9 Å². The number of imidazole rings is 1. The fourth-order valence-electron chi connectivity index (χ4n) is 2.44. The first-order valence-corrected chi connectivity index (χ1v) is 7.01. The van der Waals surface area contributed by atoms with Gasteiger partial charge in [-0.15, -0.1) is 0 Å². The number of nitrogens with zero attached hydrogens (tertiary/aromatic N) is 2. The molecule has 0 atom stereocenters. The summed E-state index contributed by atoms with van der Waals surface area (Å²) in [4.78, 5) is 4.52. The molecule has 1 aliphatic carbocycles. The average molecular weight is 235 g/mol. The van der Waals surface area contributed by atoms with E-state index in [1.165, 1.54) is 43.5 Å². The van der Waals surface area contributed by atoms with Crippen LogP contribution in [0.3, 0.4) is 0 Å². The van der Waals surface area contributed by atoms with E-state index < -0.39 is 0 Å². The molecule has 96 valence electrons. The Bertz CT molecular complexity index is 341. The zero-order chi connectivity index (χ0) is 12.1. The van der Waals surface area contributed by atoms with Crippen molar-refractivity contribution in [3.8, 4) is 0 Å². The Kier molecular flexibility index (Phi) is 4.60. The number of aromatic nitrogens is 2. The van der Waals surface area contributed by atoms with E-state index in [0.29, 0.717) is 0 Å². The van der Waals surface area contributed by atoms with E-state index >= 15 is 0 Å². The molecule has 0 unspecified atom stereocenters. The number of hydrogen-bond donors (Lipinski definition) is 1. The number of rotatable bonds is 6. The summed E-state index contributed by atoms with van der Waals surface area (Å²) in [7, 11) is 0. The summed E-state index contributed by atoms with van der Waals surface area (Å²) in [5.74, 6) is 0.795. The van der Waals surface area contributed by atoms with Gasteiger partial charge in [-0.2, -0.15) is 0 Å². The van der Waals surface area contributed by atoms with E-state index in [1.807, 2.05) is 6.33 Å². The van der Waals surface area contributed by atoms with Crippen LogP contribution in [0.5, 0.6) is 0 Å². The van der Waals surface area contributed by atoms with Crippen molar-refractivity contribution in [1.82, 2.24) is 14.9 Å². The predicted molar refractivity (Wildman–Crippen MR) is 71.2 cm³/mol. The smallest absolute Gasteiger partial charge is 0.0952 e. The molecule has 0 aromatic carbocycles. The molecule has 1 heterocycles. The Hall–Kier alpha value is -0.830. The van der Waals surface area contributed by atoms with Crippen LogP contribution in [0.25, 0.3) is 0 Å². The molecule has 0 saturated carbocycles. The average Bonchev–Trinajstić information content (AvgIpc) is 2.72. The molecule has 1 aliphatic rings. The molecule has 1 N–H and O–H groups in total. The van der Waals surface area contributed by atoms with Crippen LogP contribution < -0.4 is 5.32 Å². The molecule has 1 aromatic rings. The Morgan fingerprint density at radius 2 is 2.12 bits per heavy atom. The van der Waals surface area contributed by atoms with Crippen molar-refractivity contribution in [2.75, 3.05) is 13.1 Å². The Morgan fingerprint density at radius 1 is 1.29 bits per heavy atom. The van der Waals surface area contributed by atoms with Crippen molar-refractivity contribution >= 4 is 0 Å². The quantitative estimate of drug-likeness (QED) is 0.767. The number of fused-ring (bicyclic) bond motifs is 1. The summed E-state index contributed by atoms with van der Waals surface area (Å²) in [6.07, 6.45) is 8.35. The summed E-state index contributed by atoms with van der Waals surface area (Å²) >= 11 is 0. The first kappa shape index (κ1) is 12.6. The lowest BCUT2D eigenvalue weighted by atomic mass is 10.0. The predicted octanol–water partition coefficient (Wildman–Crippen LogP) is 2.40. The van der Waals surface area contributed by atoms with Crippen LogP contribution in [0.4, 0.5) is 0 Å². The molecule has 0 radical (unpaired) electrons. The second kappa shape index (κ2) is 6.20. The van der Waals surface area contributed by atoms with Gasteiger partial charge in [0.05, 0.1) is 12.0 Å². The zero-order valence-corrected chi connectivity index (χ0v) is 11.2. The third-order valence-corrected chi connectivity index (χ3v) is 3.54. The molecule has 0 amide bonds. The minimum Gasteiger partial charge on any atom is -0.333 e. The van der Waals surface area contributed by atoms with Gasteiger partial charge >= 0.3 is 0 Å². The van der Waals surface area contributed by atoms with Gasteiger partial charge in [-0.1, -0.05) is 13.8 Å².